The molecule has 0 aromatic carbocycles. The van der Waals surface area contributed by atoms with Gasteiger partial charge in [0.15, 0.2) is 5.82 Å². The molecule has 2 aliphatic rings. The lowest BCUT2D eigenvalue weighted by Gasteiger charge is -2.46. The molecule has 0 saturated carbocycles. The third kappa shape index (κ3) is 6.20. The fourth-order valence-electron chi connectivity index (χ4n) is 4.57. The van der Waals surface area contributed by atoms with Crippen LogP contribution >= 0.6 is 0 Å². The number of pyridine rings is 1. The van der Waals surface area contributed by atoms with Crippen LogP contribution in [0.15, 0.2) is 23.3 Å². The summed E-state index contributed by atoms with van der Waals surface area (Å²) in [6.07, 6.45) is -10.4. The average Bonchev–Trinajstić information content (AvgIpc) is 2.89. The van der Waals surface area contributed by atoms with E-state index in [1.807, 2.05) is 0 Å². The number of hydrogen-bond donors (Lipinski definition) is 2. The van der Waals surface area contributed by atoms with E-state index in [1.54, 1.807) is 5.10 Å². The number of likely N-dealkylation sites (N-methyl/N-ethyl adjacent to an activating group) is 1. The van der Waals surface area contributed by atoms with Gasteiger partial charge in [-0.25, -0.2) is 14.5 Å². The van der Waals surface area contributed by atoms with Crippen LogP contribution in [-0.2, 0) is 26.7 Å². The number of piperazine rings is 1. The molecule has 0 radical (unpaired) electrons. The van der Waals surface area contributed by atoms with Crippen molar-refractivity contribution in [3.8, 4) is 0 Å². The van der Waals surface area contributed by atoms with E-state index >= 15 is 0 Å². The number of carbonyl (C=O) groups is 2. The Balaban J connectivity index is 1.34. The van der Waals surface area contributed by atoms with Gasteiger partial charge >= 0.3 is 12.4 Å². The van der Waals surface area contributed by atoms with Gasteiger partial charge in [0.05, 0.1) is 42.9 Å². The number of nitrogens with zero attached hydrogens (tertiary/aromatic N) is 5. The lowest BCUT2D eigenvalue weighted by atomic mass is 10.0. The first-order chi connectivity index (χ1) is 19.1. The second-order valence-corrected chi connectivity index (χ2v) is 9.49. The van der Waals surface area contributed by atoms with E-state index in [2.05, 4.69) is 15.4 Å². The summed E-state index contributed by atoms with van der Waals surface area (Å²) >= 11 is 0. The van der Waals surface area contributed by atoms with Crippen molar-refractivity contribution >= 4 is 29.0 Å². The molecule has 2 aromatic heterocycles. The van der Waals surface area contributed by atoms with Gasteiger partial charge in [-0.3, -0.25) is 14.4 Å². The summed E-state index contributed by atoms with van der Waals surface area (Å²) in [6, 6.07) is -1.03. The number of H-pyrrole nitrogens is 1. The molecule has 4 heterocycles. The molecule has 2 amide bonds. The Morgan fingerprint density at radius 3 is 2.51 bits per heavy atom. The first kappa shape index (κ1) is 30.0. The zero-order chi connectivity index (χ0) is 30.3. The Morgan fingerprint density at radius 1 is 1.15 bits per heavy atom. The van der Waals surface area contributed by atoms with Gasteiger partial charge in [-0.05, 0) is 13.0 Å². The van der Waals surface area contributed by atoms with Crippen molar-refractivity contribution in [1.29, 1.82) is 0 Å². The maximum Gasteiger partial charge on any atom is 0.423 e. The van der Waals surface area contributed by atoms with E-state index < -0.39 is 71.4 Å². The number of amides is 2. The predicted octanol–water partition coefficient (Wildman–Crippen LogP) is 2.05. The minimum Gasteiger partial charge on any atom is -0.378 e. The Hall–Kier alpha value is -3.96. The third-order valence-corrected chi connectivity index (χ3v) is 6.56. The number of fused-ring (bicyclic) bond motifs is 3. The quantitative estimate of drug-likeness (QED) is 0.467. The van der Waals surface area contributed by atoms with Crippen molar-refractivity contribution in [2.45, 2.75) is 37.5 Å². The Labute approximate surface area is 227 Å². The van der Waals surface area contributed by atoms with Gasteiger partial charge in [-0.15, -0.1) is 0 Å². The van der Waals surface area contributed by atoms with E-state index in [0.29, 0.717) is 6.20 Å². The maximum atomic E-state index is 14.8. The van der Waals surface area contributed by atoms with Crippen LogP contribution in [0.4, 0.5) is 47.9 Å². The van der Waals surface area contributed by atoms with Gasteiger partial charge in [-0.1, -0.05) is 0 Å². The highest BCUT2D eigenvalue weighted by molar-refractivity contribution is 6.05. The maximum absolute atomic E-state index is 14.8. The van der Waals surface area contributed by atoms with E-state index in [4.69, 9.17) is 4.74 Å². The monoisotopic (exact) mass is 595 g/mol. The van der Waals surface area contributed by atoms with Crippen molar-refractivity contribution in [1.82, 2.24) is 20.1 Å². The molecule has 1 fully saturated rings. The summed E-state index contributed by atoms with van der Waals surface area (Å²) in [5.41, 5.74) is -4.60. The number of aromatic amines is 1. The van der Waals surface area contributed by atoms with E-state index in [0.717, 1.165) is 22.1 Å². The second-order valence-electron chi connectivity index (χ2n) is 9.49. The number of hydrogen-bond acceptors (Lipinski definition) is 8. The number of halogens is 7. The molecule has 2 N–H and O–H groups in total. The van der Waals surface area contributed by atoms with Crippen molar-refractivity contribution in [2.24, 2.45) is 0 Å². The van der Waals surface area contributed by atoms with Crippen molar-refractivity contribution in [2.75, 3.05) is 55.0 Å². The second kappa shape index (κ2) is 11.1. The van der Waals surface area contributed by atoms with Gasteiger partial charge in [0.1, 0.15) is 11.6 Å². The number of alkyl halides is 7. The number of rotatable bonds is 7. The SMILES string of the molecule is C[C@@H](COC[C@H](F)C(=O)N1CCN2c3ncc(C(F)(F)F)cc3N(C)C(=O)[C@@H]2C1)Nc1cn[nH]c(=O)c1C(F)(F)F. The molecule has 2 aromatic rings. The number of carbonyl (C=O) groups excluding carboxylic acids is 2. The first-order valence-electron chi connectivity index (χ1n) is 12.1. The average molecular weight is 595 g/mol. The van der Waals surface area contributed by atoms with Crippen LogP contribution in [0.1, 0.15) is 18.1 Å². The number of ether oxygens (including phenoxy) is 1. The minimum absolute atomic E-state index is 0.00165. The van der Waals surface area contributed by atoms with Crippen LogP contribution in [0.5, 0.6) is 0 Å². The lowest BCUT2D eigenvalue weighted by molar-refractivity contribution is -0.141. The highest BCUT2D eigenvalue weighted by Gasteiger charge is 2.44. The van der Waals surface area contributed by atoms with E-state index in [1.165, 1.54) is 18.9 Å². The smallest absolute Gasteiger partial charge is 0.378 e. The van der Waals surface area contributed by atoms with Crippen molar-refractivity contribution < 1.29 is 45.1 Å². The van der Waals surface area contributed by atoms with Crippen molar-refractivity contribution in [3.05, 3.63) is 39.9 Å². The number of nitrogens with one attached hydrogen (secondary N) is 2. The molecule has 41 heavy (non-hydrogen) atoms. The molecule has 0 aliphatic carbocycles. The van der Waals surface area contributed by atoms with Crippen LogP contribution in [0.25, 0.3) is 0 Å². The zero-order valence-electron chi connectivity index (χ0n) is 21.5. The summed E-state index contributed by atoms with van der Waals surface area (Å²) in [4.78, 5) is 44.7. The van der Waals surface area contributed by atoms with Gasteiger partial charge in [0, 0.05) is 32.4 Å². The molecule has 0 unspecified atom stereocenters. The molecule has 3 atom stereocenters. The largest absolute Gasteiger partial charge is 0.423 e. The van der Waals surface area contributed by atoms with Gasteiger partial charge in [0.2, 0.25) is 6.17 Å². The number of aromatic nitrogens is 3. The van der Waals surface area contributed by atoms with Crippen LogP contribution in [0.2, 0.25) is 0 Å². The minimum atomic E-state index is -4.96. The lowest BCUT2D eigenvalue weighted by Crippen LogP contribution is -2.64. The highest BCUT2D eigenvalue weighted by atomic mass is 19.4. The molecule has 1 saturated heterocycles. The van der Waals surface area contributed by atoms with Crippen LogP contribution in [0, 0.1) is 0 Å². The molecule has 224 valence electrons. The number of anilines is 3. The van der Waals surface area contributed by atoms with Gasteiger partial charge < -0.3 is 24.8 Å². The standard InChI is InChI=1S/C23H24F7N7O4/c1-11(33-14-7-32-34-19(38)17(14)23(28,29)30)9-41-10-13(24)20(39)36-3-4-37-16(8-36)21(40)35(2)15-5-12(22(25,26)27)6-31-18(15)37/h5-7,11,13,16H,3-4,8-10H2,1-2H3,(H2,33,34,38)/t11-,13-,16-/m0/s1. The summed E-state index contributed by atoms with van der Waals surface area (Å²) < 4.78 is 98.9. The molecule has 0 bridgehead atoms. The normalized spacial score (nSPS) is 19.0. The van der Waals surface area contributed by atoms with Crippen LogP contribution < -0.4 is 20.7 Å². The molecule has 4 rings (SSSR count). The molecule has 18 heteroatoms. The predicted molar refractivity (Wildman–Crippen MR) is 129 cm³/mol. The Bertz CT molecular complexity index is 1370. The van der Waals surface area contributed by atoms with Crippen LogP contribution in [0.3, 0.4) is 0 Å². The van der Waals surface area contributed by atoms with E-state index in [-0.39, 0.29) is 37.7 Å². The van der Waals surface area contributed by atoms with Gasteiger partial charge in [-0.2, -0.15) is 31.4 Å². The summed E-state index contributed by atoms with van der Waals surface area (Å²) in [7, 11) is 1.28. The summed E-state index contributed by atoms with van der Waals surface area (Å²) in [5, 5.41) is 7.45. The fraction of sp³-hybridized carbons (Fsp3) is 0.522. The Morgan fingerprint density at radius 2 is 1.85 bits per heavy atom. The fourth-order valence-corrected chi connectivity index (χ4v) is 4.57. The first-order valence-corrected chi connectivity index (χ1v) is 12.1. The highest BCUT2D eigenvalue weighted by Crippen LogP contribution is 2.39. The topological polar surface area (TPSA) is 124 Å². The van der Waals surface area contributed by atoms with Crippen molar-refractivity contribution in [3.63, 3.8) is 0 Å². The third-order valence-electron chi connectivity index (χ3n) is 6.56. The Kier molecular flexibility index (Phi) is 8.15. The molecule has 11 nitrogen and oxygen atoms in total. The van der Waals surface area contributed by atoms with Crippen LogP contribution in [-0.4, -0.2) is 90.0 Å². The summed E-state index contributed by atoms with van der Waals surface area (Å²) in [6.45, 7) is 0.0285. The summed E-state index contributed by atoms with van der Waals surface area (Å²) in [5.74, 6) is -1.47. The van der Waals surface area contributed by atoms with Gasteiger partial charge in [0.25, 0.3) is 17.4 Å². The molecule has 0 spiro atoms. The molecular formula is C23H24F7N7O4. The van der Waals surface area contributed by atoms with E-state index in [9.17, 15) is 45.1 Å². The molecular weight excluding hydrogens is 571 g/mol. The zero-order valence-corrected chi connectivity index (χ0v) is 21.5. The molecule has 2 aliphatic heterocycles.